The Balaban J connectivity index is 2.89. The third-order valence-corrected chi connectivity index (χ3v) is 1.14. The highest BCUT2D eigenvalue weighted by molar-refractivity contribution is 5.70. The van der Waals surface area contributed by atoms with Crippen LogP contribution in [0.15, 0.2) is 18.7 Å². The number of hydrogen-bond donors (Lipinski definition) is 0. The Morgan fingerprint density at radius 3 is 3.10 bits per heavy atom. The second-order valence-corrected chi connectivity index (χ2v) is 1.76. The molecule has 4 heteroatoms. The van der Waals surface area contributed by atoms with E-state index in [0.717, 1.165) is 11.0 Å². The Bertz CT molecular complexity index is 281. The van der Waals surface area contributed by atoms with Gasteiger partial charge in [-0.25, -0.2) is 19.9 Å². The van der Waals surface area contributed by atoms with Gasteiger partial charge < -0.3 is 0 Å². The molecule has 0 spiro atoms. The van der Waals surface area contributed by atoms with Gasteiger partial charge in [-0.05, 0) is 0 Å². The van der Waals surface area contributed by atoms with Crippen LogP contribution < -0.4 is 0 Å². The van der Waals surface area contributed by atoms with Crippen LogP contribution in [0.3, 0.4) is 0 Å². The van der Waals surface area contributed by atoms with Crippen molar-refractivity contribution < 1.29 is 0 Å². The van der Waals surface area contributed by atoms with E-state index in [9.17, 15) is 0 Å². The van der Waals surface area contributed by atoms with E-state index >= 15 is 0 Å². The molecule has 4 nitrogen and oxygen atoms in total. The van der Waals surface area contributed by atoms with Crippen LogP contribution >= 0.6 is 0 Å². The average Bonchev–Trinajstić information content (AvgIpc) is 2.05. The van der Waals surface area contributed by atoms with Gasteiger partial charge in [0.2, 0.25) is 0 Å². The van der Waals surface area contributed by atoms with Crippen molar-refractivity contribution in [1.29, 1.82) is 0 Å². The minimum atomic E-state index is 0.720. The van der Waals surface area contributed by atoms with Crippen LogP contribution in [0, 0.1) is 6.33 Å². The fourth-order valence-electron chi connectivity index (χ4n) is 0.690. The van der Waals surface area contributed by atoms with Gasteiger partial charge in [-0.1, -0.05) is 0 Å². The van der Waals surface area contributed by atoms with E-state index < -0.39 is 0 Å². The van der Waals surface area contributed by atoms with Gasteiger partial charge in [0.1, 0.15) is 17.4 Å². The zero-order valence-corrected chi connectivity index (χ0v) is 5.02. The second-order valence-electron chi connectivity index (χ2n) is 1.76. The van der Waals surface area contributed by atoms with E-state index in [1.165, 1.54) is 6.33 Å². The summed E-state index contributed by atoms with van der Waals surface area (Å²) in [6.07, 6.45) is 7.15. The van der Waals surface area contributed by atoms with Gasteiger partial charge >= 0.3 is 0 Å². The summed E-state index contributed by atoms with van der Waals surface area (Å²) in [5, 5.41) is 0. The number of nitrogens with zero attached hydrogens (tertiary/aromatic N) is 4. The molecule has 2 heterocycles. The molecule has 1 radical (unpaired) electrons. The Morgan fingerprint density at radius 1 is 1.20 bits per heavy atom. The molecular formula is C6H3N4. The predicted octanol–water partition coefficient (Wildman–Crippen LogP) is 0.220. The summed E-state index contributed by atoms with van der Waals surface area (Å²) in [6.45, 7) is 0. The topological polar surface area (TPSA) is 51.6 Å². The van der Waals surface area contributed by atoms with E-state index in [0.29, 0.717) is 0 Å². The molecular weight excluding hydrogens is 128 g/mol. The minimum Gasteiger partial charge on any atom is -0.243 e. The molecule has 0 bridgehead atoms. The third-order valence-electron chi connectivity index (χ3n) is 1.14. The highest BCUT2D eigenvalue weighted by atomic mass is 14.9. The molecule has 0 N–H and O–H groups in total. The van der Waals surface area contributed by atoms with E-state index in [1.807, 2.05) is 0 Å². The summed E-state index contributed by atoms with van der Waals surface area (Å²) < 4.78 is 0. The fraction of sp³-hybridized carbons (Fsp3) is 0. The third kappa shape index (κ3) is 0.699. The SMILES string of the molecule is [c]1ncc2ncncc2n1. The van der Waals surface area contributed by atoms with Gasteiger partial charge in [-0.2, -0.15) is 0 Å². The minimum absolute atomic E-state index is 0.720. The van der Waals surface area contributed by atoms with Crippen LogP contribution in [-0.2, 0) is 0 Å². The lowest BCUT2D eigenvalue weighted by atomic mass is 10.4. The summed E-state index contributed by atoms with van der Waals surface area (Å²) in [6, 6.07) is 0. The molecule has 0 fully saturated rings. The van der Waals surface area contributed by atoms with Gasteiger partial charge in [-0.15, -0.1) is 0 Å². The van der Waals surface area contributed by atoms with Gasteiger partial charge in [0.15, 0.2) is 6.33 Å². The molecule has 0 atom stereocenters. The largest absolute Gasteiger partial charge is 0.243 e. The molecule has 2 rings (SSSR count). The second kappa shape index (κ2) is 1.98. The maximum Gasteiger partial charge on any atom is 0.198 e. The molecule has 0 unspecified atom stereocenters. The van der Waals surface area contributed by atoms with Crippen LogP contribution in [0.2, 0.25) is 0 Å². The quantitative estimate of drug-likeness (QED) is 0.513. The molecule has 2 aromatic heterocycles. The van der Waals surface area contributed by atoms with Gasteiger partial charge in [-0.3, -0.25) is 0 Å². The van der Waals surface area contributed by atoms with Crippen molar-refractivity contribution in [3.05, 3.63) is 25.0 Å². The van der Waals surface area contributed by atoms with Crippen molar-refractivity contribution >= 4 is 11.0 Å². The monoisotopic (exact) mass is 131 g/mol. The zero-order chi connectivity index (χ0) is 6.81. The molecule has 0 aliphatic rings. The van der Waals surface area contributed by atoms with Crippen molar-refractivity contribution in [2.24, 2.45) is 0 Å². The first-order chi connectivity index (χ1) is 4.97. The lowest BCUT2D eigenvalue weighted by Gasteiger charge is -1.88. The van der Waals surface area contributed by atoms with Crippen LogP contribution in [0.4, 0.5) is 0 Å². The van der Waals surface area contributed by atoms with E-state index in [2.05, 4.69) is 26.3 Å². The van der Waals surface area contributed by atoms with Gasteiger partial charge in [0.05, 0.1) is 12.4 Å². The molecule has 2 aromatic rings. The first-order valence-corrected chi connectivity index (χ1v) is 2.75. The zero-order valence-electron chi connectivity index (χ0n) is 5.02. The van der Waals surface area contributed by atoms with Crippen molar-refractivity contribution in [1.82, 2.24) is 19.9 Å². The van der Waals surface area contributed by atoms with Crippen LogP contribution in [0.1, 0.15) is 0 Å². The Labute approximate surface area is 57.0 Å². The van der Waals surface area contributed by atoms with Crippen molar-refractivity contribution in [2.45, 2.75) is 0 Å². The van der Waals surface area contributed by atoms with E-state index in [1.54, 1.807) is 12.4 Å². The summed E-state index contributed by atoms with van der Waals surface area (Å²) in [7, 11) is 0. The summed E-state index contributed by atoms with van der Waals surface area (Å²) in [4.78, 5) is 15.2. The number of aromatic nitrogens is 4. The molecule has 47 valence electrons. The lowest BCUT2D eigenvalue weighted by molar-refractivity contribution is 1.14. The molecule has 0 saturated carbocycles. The van der Waals surface area contributed by atoms with E-state index in [-0.39, 0.29) is 0 Å². The molecule has 0 aliphatic heterocycles. The Hall–Kier alpha value is -1.58. The van der Waals surface area contributed by atoms with E-state index in [4.69, 9.17) is 0 Å². The standard InChI is InChI=1S/C6H3N4/c1-5-6(10-3-7-1)2-8-4-9-5/h1-3H. The molecule has 0 amide bonds. The number of hydrogen-bond acceptors (Lipinski definition) is 4. The van der Waals surface area contributed by atoms with Crippen molar-refractivity contribution in [2.75, 3.05) is 0 Å². The fourth-order valence-corrected chi connectivity index (χ4v) is 0.690. The lowest BCUT2D eigenvalue weighted by Crippen LogP contribution is -1.84. The Kier molecular flexibility index (Phi) is 1.04. The maximum atomic E-state index is 3.93. The maximum absolute atomic E-state index is 3.93. The molecule has 0 aromatic carbocycles. The van der Waals surface area contributed by atoms with Crippen LogP contribution in [0.25, 0.3) is 11.0 Å². The Morgan fingerprint density at radius 2 is 2.20 bits per heavy atom. The highest BCUT2D eigenvalue weighted by Crippen LogP contribution is 1.99. The average molecular weight is 131 g/mol. The number of rotatable bonds is 0. The molecule has 10 heavy (non-hydrogen) atoms. The van der Waals surface area contributed by atoms with Gasteiger partial charge in [0, 0.05) is 0 Å². The molecule has 0 aliphatic carbocycles. The first-order valence-electron chi connectivity index (χ1n) is 2.75. The van der Waals surface area contributed by atoms with Gasteiger partial charge in [0.25, 0.3) is 0 Å². The summed E-state index contributed by atoms with van der Waals surface area (Å²) in [5.41, 5.74) is 1.46. The van der Waals surface area contributed by atoms with Crippen molar-refractivity contribution in [3.8, 4) is 0 Å². The summed E-state index contributed by atoms with van der Waals surface area (Å²) >= 11 is 0. The normalized spacial score (nSPS) is 10.0. The predicted molar refractivity (Wildman–Crippen MR) is 34.0 cm³/mol. The first kappa shape index (κ1) is 5.22. The van der Waals surface area contributed by atoms with Crippen LogP contribution in [-0.4, -0.2) is 19.9 Å². The summed E-state index contributed by atoms with van der Waals surface area (Å²) in [5.74, 6) is 0. The van der Waals surface area contributed by atoms with Crippen LogP contribution in [0.5, 0.6) is 0 Å². The smallest absolute Gasteiger partial charge is 0.198 e. The number of fused-ring (bicyclic) bond motifs is 1. The molecule has 0 saturated heterocycles. The van der Waals surface area contributed by atoms with Crippen molar-refractivity contribution in [3.63, 3.8) is 0 Å². The highest BCUT2D eigenvalue weighted by Gasteiger charge is 1.90.